The number of hydrogen-bond acceptors (Lipinski definition) is 8. The Morgan fingerprint density at radius 1 is 1.00 bits per heavy atom. The molecule has 0 saturated carbocycles. The van der Waals surface area contributed by atoms with Gasteiger partial charge in [-0.05, 0) is 33.6 Å². The van der Waals surface area contributed by atoms with Gasteiger partial charge in [-0.15, -0.1) is 0 Å². The minimum absolute atomic E-state index is 0.00989. The number of hydrogen-bond donors (Lipinski definition) is 5. The maximum absolute atomic E-state index is 13.2. The van der Waals surface area contributed by atoms with Gasteiger partial charge in [0.15, 0.2) is 11.6 Å². The van der Waals surface area contributed by atoms with Crippen LogP contribution in [0.25, 0.3) is 0 Å². The lowest BCUT2D eigenvalue weighted by molar-refractivity contribution is -0.138. The van der Waals surface area contributed by atoms with Crippen molar-refractivity contribution in [3.05, 3.63) is 18.2 Å². The first-order valence-corrected chi connectivity index (χ1v) is 12.8. The Morgan fingerprint density at radius 2 is 1.66 bits per heavy atom. The first kappa shape index (κ1) is 32.6. The standard InChI is InChI=1S/C26H40N4O8/c1-6-14(2)25(37)29-15(3)22(33)11-20(17(5)32)26(38)30-21(10-19-12-27-13-28-19)23(34)9-18(16(4)31)7-8-24(35)36/h12-15,17-18,20-21,32H,6-11H2,1-5H3,(H,27,28)(H,29,37)(H,30,38)(H,35,36)/t14-,15+,17-,18-,20+,21+/m0/s1. The highest BCUT2D eigenvalue weighted by Gasteiger charge is 2.33. The molecule has 1 aromatic rings. The van der Waals surface area contributed by atoms with Crippen LogP contribution in [0.3, 0.4) is 0 Å². The van der Waals surface area contributed by atoms with Gasteiger partial charge in [0, 0.05) is 49.4 Å². The second-order valence-corrected chi connectivity index (χ2v) is 9.81. The summed E-state index contributed by atoms with van der Waals surface area (Å²) in [6.07, 6.45) is 1.28. The number of Topliss-reactive ketones (excluding diaryl/α,β-unsaturated/α-hetero) is 3. The smallest absolute Gasteiger partial charge is 0.303 e. The number of carbonyl (C=O) groups excluding carboxylic acids is 5. The number of aliphatic carboxylic acids is 1. The SMILES string of the molecule is CC[C@H](C)C(=O)N[C@H](C)C(=O)C[C@@H](C(=O)N[C@H](Cc1cnc[nH]1)C(=O)C[C@H](CCC(=O)O)C(C)=O)[C@H](C)O. The van der Waals surface area contributed by atoms with Crippen LogP contribution >= 0.6 is 0 Å². The summed E-state index contributed by atoms with van der Waals surface area (Å²) in [5, 5.41) is 24.4. The molecule has 38 heavy (non-hydrogen) atoms. The highest BCUT2D eigenvalue weighted by Crippen LogP contribution is 2.18. The summed E-state index contributed by atoms with van der Waals surface area (Å²) < 4.78 is 0. The molecule has 1 rings (SSSR count). The molecule has 0 fully saturated rings. The van der Waals surface area contributed by atoms with Crippen molar-refractivity contribution in [3.63, 3.8) is 0 Å². The van der Waals surface area contributed by atoms with E-state index in [1.54, 1.807) is 6.92 Å². The number of rotatable bonds is 18. The van der Waals surface area contributed by atoms with E-state index in [9.17, 15) is 33.9 Å². The average Bonchev–Trinajstić information content (AvgIpc) is 3.36. The van der Waals surface area contributed by atoms with Crippen molar-refractivity contribution in [3.8, 4) is 0 Å². The van der Waals surface area contributed by atoms with E-state index in [1.807, 2.05) is 6.92 Å². The van der Waals surface area contributed by atoms with Crippen LogP contribution in [0, 0.1) is 17.8 Å². The molecule has 1 heterocycles. The van der Waals surface area contributed by atoms with Crippen LogP contribution in [0.1, 0.15) is 72.4 Å². The van der Waals surface area contributed by atoms with Crippen LogP contribution in [-0.2, 0) is 35.2 Å². The van der Waals surface area contributed by atoms with E-state index in [0.717, 1.165) is 0 Å². The maximum atomic E-state index is 13.2. The maximum Gasteiger partial charge on any atom is 0.303 e. The summed E-state index contributed by atoms with van der Waals surface area (Å²) in [6.45, 7) is 7.70. The van der Waals surface area contributed by atoms with Gasteiger partial charge in [0.05, 0.1) is 30.4 Å². The number of aliphatic hydroxyl groups excluding tert-OH is 1. The zero-order valence-electron chi connectivity index (χ0n) is 22.7. The highest BCUT2D eigenvalue weighted by molar-refractivity contribution is 5.95. The number of amides is 2. The average molecular weight is 537 g/mol. The third kappa shape index (κ3) is 10.9. The number of carbonyl (C=O) groups is 6. The molecule has 6 atom stereocenters. The zero-order valence-corrected chi connectivity index (χ0v) is 22.7. The first-order valence-electron chi connectivity index (χ1n) is 12.8. The molecule has 0 aliphatic carbocycles. The summed E-state index contributed by atoms with van der Waals surface area (Å²) in [4.78, 5) is 80.9. The van der Waals surface area contributed by atoms with E-state index in [-0.39, 0.29) is 49.7 Å². The summed E-state index contributed by atoms with van der Waals surface area (Å²) in [7, 11) is 0. The molecule has 0 spiro atoms. The number of nitrogens with one attached hydrogen (secondary N) is 3. The number of aromatic nitrogens is 2. The van der Waals surface area contributed by atoms with E-state index in [2.05, 4.69) is 20.6 Å². The van der Waals surface area contributed by atoms with Crippen molar-refractivity contribution in [2.24, 2.45) is 17.8 Å². The van der Waals surface area contributed by atoms with E-state index >= 15 is 0 Å². The number of aliphatic hydroxyl groups is 1. The highest BCUT2D eigenvalue weighted by atomic mass is 16.4. The largest absolute Gasteiger partial charge is 0.481 e. The summed E-state index contributed by atoms with van der Waals surface area (Å²) in [5.41, 5.74) is 0.527. The van der Waals surface area contributed by atoms with Gasteiger partial charge in [-0.3, -0.25) is 28.8 Å². The number of carboxylic acid groups (broad SMARTS) is 1. The van der Waals surface area contributed by atoms with E-state index in [1.165, 1.54) is 33.3 Å². The molecule has 0 aliphatic heterocycles. The molecule has 0 unspecified atom stereocenters. The van der Waals surface area contributed by atoms with Gasteiger partial charge in [-0.2, -0.15) is 0 Å². The molecule has 0 aliphatic rings. The van der Waals surface area contributed by atoms with Crippen LogP contribution in [0.2, 0.25) is 0 Å². The molecule has 12 nitrogen and oxygen atoms in total. The number of aromatic amines is 1. The second-order valence-electron chi connectivity index (χ2n) is 9.81. The Bertz CT molecular complexity index is 976. The van der Waals surface area contributed by atoms with Crippen LogP contribution in [0.5, 0.6) is 0 Å². The Kier molecular flexibility index (Phi) is 13.5. The molecule has 0 saturated heterocycles. The Morgan fingerprint density at radius 3 is 2.16 bits per heavy atom. The van der Waals surface area contributed by atoms with Gasteiger partial charge < -0.3 is 25.8 Å². The lowest BCUT2D eigenvalue weighted by Gasteiger charge is -2.25. The molecular weight excluding hydrogens is 496 g/mol. The Balaban J connectivity index is 3.02. The van der Waals surface area contributed by atoms with Crippen molar-refractivity contribution < 1.29 is 39.0 Å². The van der Waals surface area contributed by atoms with E-state index in [4.69, 9.17) is 5.11 Å². The third-order valence-corrected chi connectivity index (χ3v) is 6.66. The molecule has 12 heteroatoms. The Hall–Kier alpha value is -3.41. The number of H-pyrrole nitrogens is 1. The van der Waals surface area contributed by atoms with Gasteiger partial charge in [-0.1, -0.05) is 13.8 Å². The van der Waals surface area contributed by atoms with Gasteiger partial charge in [0.25, 0.3) is 0 Å². The molecule has 0 radical (unpaired) electrons. The molecule has 0 aromatic carbocycles. The molecule has 212 valence electrons. The van der Waals surface area contributed by atoms with Gasteiger partial charge in [0.1, 0.15) is 5.78 Å². The van der Waals surface area contributed by atoms with Gasteiger partial charge >= 0.3 is 5.97 Å². The topological polar surface area (TPSA) is 196 Å². The van der Waals surface area contributed by atoms with Crippen molar-refractivity contribution in [1.82, 2.24) is 20.6 Å². The number of carboxylic acids is 1. The fraction of sp³-hybridized carbons (Fsp3) is 0.654. The fourth-order valence-electron chi connectivity index (χ4n) is 3.77. The van der Waals surface area contributed by atoms with Crippen molar-refractivity contribution in [2.75, 3.05) is 0 Å². The second kappa shape index (κ2) is 15.8. The van der Waals surface area contributed by atoms with Gasteiger partial charge in [0.2, 0.25) is 11.8 Å². The summed E-state index contributed by atoms with van der Waals surface area (Å²) in [6, 6.07) is -1.99. The van der Waals surface area contributed by atoms with Crippen LogP contribution in [0.15, 0.2) is 12.5 Å². The van der Waals surface area contributed by atoms with Crippen molar-refractivity contribution in [1.29, 1.82) is 0 Å². The van der Waals surface area contributed by atoms with E-state index in [0.29, 0.717) is 12.1 Å². The molecule has 0 bridgehead atoms. The van der Waals surface area contributed by atoms with Crippen molar-refractivity contribution in [2.45, 2.75) is 91.3 Å². The van der Waals surface area contributed by atoms with E-state index < -0.39 is 53.5 Å². The van der Waals surface area contributed by atoms with Crippen molar-refractivity contribution >= 4 is 35.1 Å². The third-order valence-electron chi connectivity index (χ3n) is 6.66. The zero-order chi connectivity index (χ0) is 29.0. The molecule has 2 amide bonds. The Labute approximate surface area is 222 Å². The number of ketones is 3. The summed E-state index contributed by atoms with van der Waals surface area (Å²) in [5.74, 6) is -5.73. The monoisotopic (exact) mass is 536 g/mol. The van der Waals surface area contributed by atoms with Crippen LogP contribution in [0.4, 0.5) is 0 Å². The first-order chi connectivity index (χ1) is 17.8. The minimum atomic E-state index is -1.24. The fourth-order valence-corrected chi connectivity index (χ4v) is 3.77. The molecular formula is C26H40N4O8. The normalized spacial score (nSPS) is 15.8. The quantitative estimate of drug-likeness (QED) is 0.182. The predicted octanol–water partition coefficient (Wildman–Crippen LogP) is 0.973. The molecule has 5 N–H and O–H groups in total. The minimum Gasteiger partial charge on any atom is -0.481 e. The van der Waals surface area contributed by atoms with Crippen LogP contribution < -0.4 is 10.6 Å². The lowest BCUT2D eigenvalue weighted by Crippen LogP contribution is -2.49. The molecule has 1 aromatic heterocycles. The van der Waals surface area contributed by atoms with Gasteiger partial charge in [-0.25, -0.2) is 4.98 Å². The number of imidazole rings is 1. The summed E-state index contributed by atoms with van der Waals surface area (Å²) >= 11 is 0. The van der Waals surface area contributed by atoms with Crippen LogP contribution in [-0.4, -0.2) is 73.5 Å². The number of nitrogens with zero attached hydrogens (tertiary/aromatic N) is 1. The predicted molar refractivity (Wildman–Crippen MR) is 137 cm³/mol. The lowest BCUT2D eigenvalue weighted by atomic mass is 9.89.